The summed E-state index contributed by atoms with van der Waals surface area (Å²) in [6, 6.07) is -1.05. The van der Waals surface area contributed by atoms with Crippen LogP contribution < -0.4 is 5.73 Å². The van der Waals surface area contributed by atoms with E-state index in [0.29, 0.717) is 0 Å². The van der Waals surface area contributed by atoms with Gasteiger partial charge in [0, 0.05) is 6.42 Å². The van der Waals surface area contributed by atoms with Crippen LogP contribution in [0.1, 0.15) is 25.7 Å². The molecule has 1 atom stereocenters. The predicted octanol–water partition coefficient (Wildman–Crippen LogP) is 1.94. The molecule has 0 radical (unpaired) electrons. The van der Waals surface area contributed by atoms with E-state index >= 15 is 0 Å². The molecule has 0 unspecified atom stereocenters. The van der Waals surface area contributed by atoms with Crippen LogP contribution in [0.15, 0.2) is 0 Å². The van der Waals surface area contributed by atoms with Gasteiger partial charge in [0.05, 0.1) is 0 Å². The molecule has 0 aromatic rings. The molecule has 86 valence electrons. The maximum absolute atomic E-state index is 11.6. The van der Waals surface area contributed by atoms with Crippen LogP contribution in [0.5, 0.6) is 0 Å². The van der Waals surface area contributed by atoms with Crippen LogP contribution >= 0.6 is 12.4 Å². The summed E-state index contributed by atoms with van der Waals surface area (Å²) in [6.07, 6.45) is -4.82. The summed E-state index contributed by atoms with van der Waals surface area (Å²) in [5.41, 5.74) is 5.09. The molecule has 14 heavy (non-hydrogen) atoms. The van der Waals surface area contributed by atoms with E-state index in [4.69, 9.17) is 10.8 Å². The molecule has 0 bridgehead atoms. The summed E-state index contributed by atoms with van der Waals surface area (Å²) < 4.78 is 34.8. The maximum Gasteiger partial charge on any atom is 0.389 e. The van der Waals surface area contributed by atoms with E-state index in [1.165, 1.54) is 0 Å². The van der Waals surface area contributed by atoms with Gasteiger partial charge in [0.15, 0.2) is 0 Å². The van der Waals surface area contributed by atoms with E-state index in [-0.39, 0.29) is 31.7 Å². The first-order chi connectivity index (χ1) is 5.83. The lowest BCUT2D eigenvalue weighted by Gasteiger charge is -2.07. The molecule has 0 saturated heterocycles. The van der Waals surface area contributed by atoms with Crippen LogP contribution in [0, 0.1) is 0 Å². The van der Waals surface area contributed by atoms with Crippen LogP contribution in [-0.4, -0.2) is 23.3 Å². The molecule has 0 fully saturated rings. The van der Waals surface area contributed by atoms with Crippen LogP contribution in [0.3, 0.4) is 0 Å². The summed E-state index contributed by atoms with van der Waals surface area (Å²) in [7, 11) is 0. The molecule has 0 aliphatic rings. The smallest absolute Gasteiger partial charge is 0.389 e. The number of alkyl halides is 3. The Balaban J connectivity index is 0. The van der Waals surface area contributed by atoms with E-state index in [1.54, 1.807) is 0 Å². The van der Waals surface area contributed by atoms with Gasteiger partial charge in [-0.1, -0.05) is 6.42 Å². The monoisotopic (exact) mass is 235 g/mol. The lowest BCUT2D eigenvalue weighted by atomic mass is 10.1. The van der Waals surface area contributed by atoms with Crippen LogP contribution in [0.4, 0.5) is 13.2 Å². The van der Waals surface area contributed by atoms with Crippen molar-refractivity contribution in [2.75, 3.05) is 0 Å². The zero-order chi connectivity index (χ0) is 10.5. The second-order valence-electron chi connectivity index (χ2n) is 2.81. The average Bonchev–Trinajstić information content (AvgIpc) is 1.95. The second-order valence-corrected chi connectivity index (χ2v) is 2.81. The number of halogens is 4. The third-order valence-corrected chi connectivity index (χ3v) is 1.54. The molecule has 0 amide bonds. The molecular weight excluding hydrogens is 223 g/mol. The molecule has 0 aliphatic carbocycles. The highest BCUT2D eigenvalue weighted by Gasteiger charge is 2.26. The minimum Gasteiger partial charge on any atom is -0.480 e. The number of unbranched alkanes of at least 4 members (excludes halogenated alkanes) is 1. The van der Waals surface area contributed by atoms with Gasteiger partial charge in [0.25, 0.3) is 0 Å². The van der Waals surface area contributed by atoms with Crippen LogP contribution in [0.2, 0.25) is 0 Å². The Morgan fingerprint density at radius 2 is 1.86 bits per heavy atom. The normalized spacial score (nSPS) is 13.1. The highest BCUT2D eigenvalue weighted by molar-refractivity contribution is 5.85. The molecule has 0 rings (SSSR count). The van der Waals surface area contributed by atoms with Gasteiger partial charge in [-0.2, -0.15) is 13.2 Å². The maximum atomic E-state index is 11.6. The standard InChI is InChI=1S/C7H12F3NO2.ClH/c8-7(9,10)4-2-1-3-5(11)6(12)13;/h5H,1-4,11H2,(H,12,13);1H/t5-;/m1./s1. The molecule has 0 aliphatic heterocycles. The first kappa shape index (κ1) is 16.0. The summed E-state index contributed by atoms with van der Waals surface area (Å²) in [4.78, 5) is 10.1. The van der Waals surface area contributed by atoms with E-state index < -0.39 is 24.6 Å². The van der Waals surface area contributed by atoms with Gasteiger partial charge in [-0.05, 0) is 12.8 Å². The Hall–Kier alpha value is -0.490. The summed E-state index contributed by atoms with van der Waals surface area (Å²) in [5, 5.41) is 8.29. The van der Waals surface area contributed by atoms with Crippen molar-refractivity contribution in [3.63, 3.8) is 0 Å². The fourth-order valence-corrected chi connectivity index (χ4v) is 0.813. The molecular formula is C7H13ClF3NO2. The lowest BCUT2D eigenvalue weighted by Crippen LogP contribution is -2.29. The van der Waals surface area contributed by atoms with E-state index in [2.05, 4.69) is 0 Å². The van der Waals surface area contributed by atoms with Gasteiger partial charge in [0.1, 0.15) is 6.04 Å². The Morgan fingerprint density at radius 1 is 1.36 bits per heavy atom. The Morgan fingerprint density at radius 3 is 2.21 bits per heavy atom. The molecule has 3 N–H and O–H groups in total. The van der Waals surface area contributed by atoms with Crippen molar-refractivity contribution in [1.82, 2.24) is 0 Å². The van der Waals surface area contributed by atoms with Gasteiger partial charge in [-0.3, -0.25) is 4.79 Å². The van der Waals surface area contributed by atoms with Gasteiger partial charge < -0.3 is 10.8 Å². The van der Waals surface area contributed by atoms with Crippen molar-refractivity contribution < 1.29 is 23.1 Å². The predicted molar refractivity (Wildman–Crippen MR) is 47.4 cm³/mol. The molecule has 0 aromatic heterocycles. The SMILES string of the molecule is Cl.N[C@H](CCCCC(F)(F)F)C(=O)O. The van der Waals surface area contributed by atoms with E-state index in [1.807, 2.05) is 0 Å². The van der Waals surface area contributed by atoms with Crippen molar-refractivity contribution in [3.8, 4) is 0 Å². The number of carboxylic acids is 1. The largest absolute Gasteiger partial charge is 0.480 e. The number of hydrogen-bond donors (Lipinski definition) is 2. The highest BCUT2D eigenvalue weighted by atomic mass is 35.5. The fourth-order valence-electron chi connectivity index (χ4n) is 0.813. The van der Waals surface area contributed by atoms with Crippen molar-refractivity contribution in [3.05, 3.63) is 0 Å². The van der Waals surface area contributed by atoms with Crippen molar-refractivity contribution in [1.29, 1.82) is 0 Å². The number of rotatable bonds is 5. The highest BCUT2D eigenvalue weighted by Crippen LogP contribution is 2.22. The van der Waals surface area contributed by atoms with Crippen LogP contribution in [0.25, 0.3) is 0 Å². The molecule has 7 heteroatoms. The molecule has 0 aromatic carbocycles. The number of carbonyl (C=O) groups is 1. The van der Waals surface area contributed by atoms with Crippen molar-refractivity contribution in [2.45, 2.75) is 37.9 Å². The van der Waals surface area contributed by atoms with Crippen molar-refractivity contribution >= 4 is 18.4 Å². The third-order valence-electron chi connectivity index (χ3n) is 1.54. The first-order valence-electron chi connectivity index (χ1n) is 3.88. The number of aliphatic carboxylic acids is 1. The van der Waals surface area contributed by atoms with E-state index in [9.17, 15) is 18.0 Å². The first-order valence-corrected chi connectivity index (χ1v) is 3.88. The average molecular weight is 236 g/mol. The number of hydrogen-bond acceptors (Lipinski definition) is 2. The fraction of sp³-hybridized carbons (Fsp3) is 0.857. The summed E-state index contributed by atoms with van der Waals surface area (Å²) in [6.45, 7) is 0. The zero-order valence-electron chi connectivity index (χ0n) is 7.38. The topological polar surface area (TPSA) is 63.3 Å². The zero-order valence-corrected chi connectivity index (χ0v) is 8.20. The molecule has 0 spiro atoms. The van der Waals surface area contributed by atoms with Gasteiger partial charge >= 0.3 is 12.1 Å². The number of nitrogens with two attached hydrogens (primary N) is 1. The van der Waals surface area contributed by atoms with Gasteiger partial charge in [-0.25, -0.2) is 0 Å². The van der Waals surface area contributed by atoms with Gasteiger partial charge in [-0.15, -0.1) is 12.4 Å². The minimum absolute atomic E-state index is 0. The summed E-state index contributed by atoms with van der Waals surface area (Å²) in [5.74, 6) is -1.17. The third kappa shape index (κ3) is 9.60. The van der Waals surface area contributed by atoms with Gasteiger partial charge in [0.2, 0.25) is 0 Å². The Kier molecular flexibility index (Phi) is 7.85. The Labute approximate surface area is 85.9 Å². The van der Waals surface area contributed by atoms with Crippen LogP contribution in [-0.2, 0) is 4.79 Å². The molecule has 0 saturated carbocycles. The van der Waals surface area contributed by atoms with Crippen molar-refractivity contribution in [2.24, 2.45) is 5.73 Å². The number of carboxylic acid groups (broad SMARTS) is 1. The van der Waals surface area contributed by atoms with E-state index in [0.717, 1.165) is 0 Å². The minimum atomic E-state index is -4.16. The summed E-state index contributed by atoms with van der Waals surface area (Å²) >= 11 is 0. The Bertz CT molecular complexity index is 175. The molecule has 0 heterocycles. The lowest BCUT2D eigenvalue weighted by molar-refractivity contribution is -0.138. The second kappa shape index (κ2) is 6.89. The quantitative estimate of drug-likeness (QED) is 0.716. The molecule has 3 nitrogen and oxygen atoms in total.